The second-order valence-corrected chi connectivity index (χ2v) is 4.53. The standard InChI is InChI=1S/C14H22O4/c1-5-9-11(13(16)18-8-4)12(15)10(6-2)14(9,17)7-3/h10,17H,5-8H2,1-4H3. The van der Waals surface area contributed by atoms with Gasteiger partial charge in [0.15, 0.2) is 5.78 Å². The molecule has 2 unspecified atom stereocenters. The van der Waals surface area contributed by atoms with Crippen LogP contribution in [0.25, 0.3) is 0 Å². The van der Waals surface area contributed by atoms with Crippen molar-refractivity contribution in [2.24, 2.45) is 5.92 Å². The van der Waals surface area contributed by atoms with E-state index >= 15 is 0 Å². The summed E-state index contributed by atoms with van der Waals surface area (Å²) in [4.78, 5) is 24.2. The molecular weight excluding hydrogens is 232 g/mol. The minimum atomic E-state index is -1.18. The monoisotopic (exact) mass is 254 g/mol. The van der Waals surface area contributed by atoms with Gasteiger partial charge in [0.1, 0.15) is 5.57 Å². The highest BCUT2D eigenvalue weighted by Gasteiger charge is 2.52. The maximum Gasteiger partial charge on any atom is 0.341 e. The first-order valence-electron chi connectivity index (χ1n) is 6.65. The van der Waals surface area contributed by atoms with Crippen LogP contribution in [0.2, 0.25) is 0 Å². The lowest BCUT2D eigenvalue weighted by molar-refractivity contribution is -0.140. The summed E-state index contributed by atoms with van der Waals surface area (Å²) >= 11 is 0. The van der Waals surface area contributed by atoms with Crippen LogP contribution in [-0.4, -0.2) is 29.1 Å². The molecule has 1 aliphatic carbocycles. The van der Waals surface area contributed by atoms with E-state index in [9.17, 15) is 14.7 Å². The van der Waals surface area contributed by atoms with E-state index in [2.05, 4.69) is 0 Å². The molecule has 0 spiro atoms. The molecule has 0 fully saturated rings. The highest BCUT2D eigenvalue weighted by atomic mass is 16.5. The van der Waals surface area contributed by atoms with Crippen molar-refractivity contribution < 1.29 is 19.4 Å². The van der Waals surface area contributed by atoms with Gasteiger partial charge in [0.2, 0.25) is 0 Å². The Labute approximate surface area is 108 Å². The zero-order valence-corrected chi connectivity index (χ0v) is 11.6. The van der Waals surface area contributed by atoms with E-state index in [4.69, 9.17) is 4.74 Å². The SMILES string of the molecule is CCOC(=O)C1=C(CC)C(O)(CC)C(CC)C1=O. The molecule has 0 aromatic carbocycles. The minimum absolute atomic E-state index is 0.0792. The predicted molar refractivity (Wildman–Crippen MR) is 68.0 cm³/mol. The molecule has 18 heavy (non-hydrogen) atoms. The van der Waals surface area contributed by atoms with Crippen molar-refractivity contribution in [3.8, 4) is 0 Å². The van der Waals surface area contributed by atoms with Gasteiger partial charge in [0.05, 0.1) is 18.1 Å². The fraction of sp³-hybridized carbons (Fsp3) is 0.714. The van der Waals surface area contributed by atoms with E-state index in [1.165, 1.54) is 0 Å². The molecule has 0 aromatic rings. The van der Waals surface area contributed by atoms with E-state index in [0.29, 0.717) is 24.8 Å². The summed E-state index contributed by atoms with van der Waals surface area (Å²) in [6.45, 7) is 7.46. The number of ketones is 1. The third kappa shape index (κ3) is 2.09. The summed E-state index contributed by atoms with van der Waals surface area (Å²) in [6.07, 6.45) is 1.44. The van der Waals surface area contributed by atoms with E-state index in [1.54, 1.807) is 6.92 Å². The second kappa shape index (κ2) is 5.65. The number of Topliss-reactive ketones (excluding diaryl/α,β-unsaturated/α-hetero) is 1. The maximum absolute atomic E-state index is 12.3. The van der Waals surface area contributed by atoms with Gasteiger partial charge in [0, 0.05) is 0 Å². The van der Waals surface area contributed by atoms with Crippen molar-refractivity contribution in [1.29, 1.82) is 0 Å². The summed E-state index contributed by atoms with van der Waals surface area (Å²) in [5, 5.41) is 10.7. The summed E-state index contributed by atoms with van der Waals surface area (Å²) < 4.78 is 4.93. The van der Waals surface area contributed by atoms with Gasteiger partial charge < -0.3 is 9.84 Å². The summed E-state index contributed by atoms with van der Waals surface area (Å²) in [5.41, 5.74) is -0.557. The van der Waals surface area contributed by atoms with Crippen molar-refractivity contribution in [1.82, 2.24) is 0 Å². The Hall–Kier alpha value is -1.16. The van der Waals surface area contributed by atoms with E-state index < -0.39 is 17.5 Å². The topological polar surface area (TPSA) is 63.6 Å². The van der Waals surface area contributed by atoms with Gasteiger partial charge in [-0.15, -0.1) is 0 Å². The quantitative estimate of drug-likeness (QED) is 0.602. The zero-order valence-electron chi connectivity index (χ0n) is 11.6. The van der Waals surface area contributed by atoms with Gasteiger partial charge in [0.25, 0.3) is 0 Å². The third-order valence-corrected chi connectivity index (χ3v) is 3.74. The van der Waals surface area contributed by atoms with Gasteiger partial charge in [-0.2, -0.15) is 0 Å². The van der Waals surface area contributed by atoms with Gasteiger partial charge in [-0.3, -0.25) is 4.79 Å². The fourth-order valence-corrected chi connectivity index (χ4v) is 2.86. The van der Waals surface area contributed by atoms with Crippen molar-refractivity contribution in [2.45, 2.75) is 52.6 Å². The minimum Gasteiger partial charge on any atom is -0.462 e. The van der Waals surface area contributed by atoms with Crippen LogP contribution in [0.15, 0.2) is 11.1 Å². The lowest BCUT2D eigenvalue weighted by Crippen LogP contribution is -2.37. The first-order chi connectivity index (χ1) is 8.47. The van der Waals surface area contributed by atoms with E-state index in [1.807, 2.05) is 20.8 Å². The zero-order chi connectivity index (χ0) is 13.9. The van der Waals surface area contributed by atoms with Crippen molar-refractivity contribution in [3.05, 3.63) is 11.1 Å². The number of ether oxygens (including phenoxy) is 1. The molecule has 1 N–H and O–H groups in total. The average molecular weight is 254 g/mol. The number of esters is 1. The Kier molecular flexibility index (Phi) is 4.68. The molecule has 1 rings (SSSR count). The Morgan fingerprint density at radius 2 is 1.94 bits per heavy atom. The molecule has 0 aliphatic heterocycles. The molecule has 0 heterocycles. The number of carbonyl (C=O) groups excluding carboxylic acids is 2. The van der Waals surface area contributed by atoms with Gasteiger partial charge in [-0.25, -0.2) is 4.79 Å². The number of hydrogen-bond donors (Lipinski definition) is 1. The van der Waals surface area contributed by atoms with Crippen LogP contribution in [-0.2, 0) is 14.3 Å². The fourth-order valence-electron chi connectivity index (χ4n) is 2.86. The third-order valence-electron chi connectivity index (χ3n) is 3.74. The molecule has 0 radical (unpaired) electrons. The first-order valence-corrected chi connectivity index (χ1v) is 6.65. The molecule has 102 valence electrons. The van der Waals surface area contributed by atoms with Crippen LogP contribution in [0.3, 0.4) is 0 Å². The second-order valence-electron chi connectivity index (χ2n) is 4.53. The molecule has 0 saturated heterocycles. The molecule has 0 bridgehead atoms. The van der Waals surface area contributed by atoms with Crippen LogP contribution in [0, 0.1) is 5.92 Å². The molecular formula is C14H22O4. The Balaban J connectivity index is 3.30. The molecule has 0 amide bonds. The normalized spacial score (nSPS) is 27.8. The number of rotatable bonds is 5. The number of hydrogen-bond acceptors (Lipinski definition) is 4. The smallest absolute Gasteiger partial charge is 0.341 e. The molecule has 2 atom stereocenters. The molecule has 0 aromatic heterocycles. The van der Waals surface area contributed by atoms with Gasteiger partial charge in [-0.05, 0) is 31.8 Å². The summed E-state index contributed by atoms with van der Waals surface area (Å²) in [7, 11) is 0. The summed E-state index contributed by atoms with van der Waals surface area (Å²) in [6, 6.07) is 0. The Morgan fingerprint density at radius 1 is 1.33 bits per heavy atom. The Morgan fingerprint density at radius 3 is 2.33 bits per heavy atom. The van der Waals surface area contributed by atoms with Gasteiger partial charge >= 0.3 is 5.97 Å². The van der Waals surface area contributed by atoms with Crippen LogP contribution < -0.4 is 0 Å². The highest BCUT2D eigenvalue weighted by Crippen LogP contribution is 2.43. The van der Waals surface area contributed by atoms with Crippen LogP contribution in [0.1, 0.15) is 47.0 Å². The number of aliphatic hydroxyl groups is 1. The van der Waals surface area contributed by atoms with Crippen molar-refractivity contribution in [2.75, 3.05) is 6.61 Å². The summed E-state index contributed by atoms with van der Waals surface area (Å²) in [5.74, 6) is -1.38. The van der Waals surface area contributed by atoms with Crippen LogP contribution >= 0.6 is 0 Å². The van der Waals surface area contributed by atoms with Crippen LogP contribution in [0.5, 0.6) is 0 Å². The lowest BCUT2D eigenvalue weighted by Gasteiger charge is -2.30. The number of carbonyl (C=O) groups is 2. The van der Waals surface area contributed by atoms with Crippen molar-refractivity contribution in [3.63, 3.8) is 0 Å². The predicted octanol–water partition coefficient (Wildman–Crippen LogP) is 2.01. The highest BCUT2D eigenvalue weighted by molar-refractivity contribution is 6.21. The molecule has 1 aliphatic rings. The maximum atomic E-state index is 12.3. The largest absolute Gasteiger partial charge is 0.462 e. The van der Waals surface area contributed by atoms with E-state index in [-0.39, 0.29) is 18.0 Å². The van der Waals surface area contributed by atoms with Crippen LogP contribution in [0.4, 0.5) is 0 Å². The molecule has 4 heteroatoms. The first kappa shape index (κ1) is 14.9. The van der Waals surface area contributed by atoms with Crippen molar-refractivity contribution >= 4 is 11.8 Å². The average Bonchev–Trinajstić information content (AvgIpc) is 2.57. The van der Waals surface area contributed by atoms with Gasteiger partial charge in [-0.1, -0.05) is 20.8 Å². The molecule has 0 saturated carbocycles. The Bertz CT molecular complexity index is 383. The van der Waals surface area contributed by atoms with E-state index in [0.717, 1.165) is 0 Å². The lowest BCUT2D eigenvalue weighted by atomic mass is 9.81. The molecule has 4 nitrogen and oxygen atoms in total.